The molecule has 0 saturated heterocycles. The average Bonchev–Trinajstić information content (AvgIpc) is 2.37. The van der Waals surface area contributed by atoms with Gasteiger partial charge in [-0.05, 0) is 30.7 Å². The second kappa shape index (κ2) is 4.41. The zero-order chi connectivity index (χ0) is 15.8. The zero-order valence-electron chi connectivity index (χ0n) is 10.5. The van der Waals surface area contributed by atoms with Crippen molar-refractivity contribution in [2.75, 3.05) is 11.9 Å². The van der Waals surface area contributed by atoms with Gasteiger partial charge in [0.25, 0.3) is 5.91 Å². The highest BCUT2D eigenvalue weighted by Gasteiger charge is 2.65. The van der Waals surface area contributed by atoms with Crippen LogP contribution >= 0.6 is 10.2 Å². The van der Waals surface area contributed by atoms with Gasteiger partial charge in [-0.2, -0.15) is 0 Å². The van der Waals surface area contributed by atoms with Crippen molar-refractivity contribution in [3.8, 4) is 0 Å². The first kappa shape index (κ1) is 15.7. The molecule has 0 spiro atoms. The Labute approximate surface area is 117 Å². The third-order valence-corrected chi connectivity index (χ3v) is 3.84. The number of hydrogen-bond donors (Lipinski definition) is 2. The summed E-state index contributed by atoms with van der Waals surface area (Å²) in [7, 11) is -9.68. The molecule has 21 heavy (non-hydrogen) atoms. The fraction of sp³-hybridized carbons (Fsp3) is 0.273. The Bertz CT molecular complexity index is 584. The fourth-order valence-electron chi connectivity index (χ4n) is 1.68. The Hall–Kier alpha value is -1.68. The van der Waals surface area contributed by atoms with Crippen molar-refractivity contribution >= 4 is 28.0 Å². The molecule has 1 amide bonds. The van der Waals surface area contributed by atoms with Crippen molar-refractivity contribution in [3.05, 3.63) is 24.3 Å². The van der Waals surface area contributed by atoms with E-state index >= 15 is 0 Å². The maximum Gasteiger partial charge on any atom is 0.310 e. The van der Waals surface area contributed by atoms with Crippen molar-refractivity contribution in [3.63, 3.8) is 0 Å². The van der Waals surface area contributed by atoms with E-state index in [-0.39, 0.29) is 17.8 Å². The number of benzene rings is 1. The van der Waals surface area contributed by atoms with Crippen LogP contribution in [0.3, 0.4) is 0 Å². The summed E-state index contributed by atoms with van der Waals surface area (Å²) in [5, 5.41) is 5.08. The van der Waals surface area contributed by atoms with E-state index in [9.17, 15) is 24.2 Å². The normalized spacial score (nSPS) is 22.2. The number of rotatable bonds is 3. The lowest BCUT2D eigenvalue weighted by Crippen LogP contribution is -2.41. The van der Waals surface area contributed by atoms with Gasteiger partial charge in [0.05, 0.1) is 0 Å². The predicted octanol–water partition coefficient (Wildman–Crippen LogP) is 3.67. The maximum atomic E-state index is 12.5. The molecule has 2 N–H and O–H groups in total. The van der Waals surface area contributed by atoms with Gasteiger partial charge in [-0.25, -0.2) is 0 Å². The van der Waals surface area contributed by atoms with E-state index in [4.69, 9.17) is 0 Å². The molecule has 1 unspecified atom stereocenters. The number of amides is 1. The number of nitrogens with zero attached hydrogens (tertiary/aromatic N) is 1. The van der Waals surface area contributed by atoms with E-state index in [1.54, 1.807) is 6.21 Å². The third kappa shape index (κ3) is 4.14. The number of aliphatic imine (C=N–C) groups is 1. The largest absolute Gasteiger partial charge is 0.323 e. The number of halogens is 5. The monoisotopic (exact) mass is 329 g/mol. The minimum absolute atomic E-state index is 0.0202. The van der Waals surface area contributed by atoms with Crippen molar-refractivity contribution in [2.24, 2.45) is 4.99 Å². The van der Waals surface area contributed by atoms with Crippen LogP contribution in [-0.2, 0) is 4.79 Å². The first-order chi connectivity index (χ1) is 9.45. The molecule has 2 rings (SSSR count). The minimum atomic E-state index is -9.68. The summed E-state index contributed by atoms with van der Waals surface area (Å²) in [6.45, 7) is 0.546. The zero-order valence-corrected chi connectivity index (χ0v) is 11.3. The van der Waals surface area contributed by atoms with E-state index in [1.165, 1.54) is 0 Å². The van der Waals surface area contributed by atoms with Crippen molar-refractivity contribution in [1.82, 2.24) is 5.32 Å². The highest BCUT2D eigenvalue weighted by Crippen LogP contribution is 3.02. The van der Waals surface area contributed by atoms with Gasteiger partial charge in [0, 0.05) is 18.4 Å². The summed E-state index contributed by atoms with van der Waals surface area (Å²) in [6, 6.07) is 2.04. The Kier molecular flexibility index (Phi) is 3.29. The van der Waals surface area contributed by atoms with E-state index < -0.39 is 27.2 Å². The quantitative estimate of drug-likeness (QED) is 0.831. The van der Waals surface area contributed by atoms with Crippen LogP contribution in [0.25, 0.3) is 0 Å². The molecule has 0 radical (unpaired) electrons. The van der Waals surface area contributed by atoms with Crippen LogP contribution in [-0.4, -0.2) is 24.8 Å². The number of carbonyl (C=O) groups is 1. The van der Waals surface area contributed by atoms with Crippen molar-refractivity contribution in [2.45, 2.75) is 17.5 Å². The SMILES string of the molecule is O=C(Nc1ccc(S(F)(F)(F)(F)F)cc1)C1N=CCCN1. The predicted molar refractivity (Wildman–Crippen MR) is 71.4 cm³/mol. The van der Waals surface area contributed by atoms with Gasteiger partial charge in [-0.1, -0.05) is 19.4 Å². The summed E-state index contributed by atoms with van der Waals surface area (Å²) in [4.78, 5) is 13.6. The van der Waals surface area contributed by atoms with Gasteiger partial charge in [0.2, 0.25) is 0 Å². The molecule has 10 heteroatoms. The second-order valence-electron chi connectivity index (χ2n) is 4.46. The molecule has 1 aromatic carbocycles. The summed E-state index contributed by atoms with van der Waals surface area (Å²) < 4.78 is 62.6. The van der Waals surface area contributed by atoms with E-state index in [2.05, 4.69) is 15.6 Å². The minimum Gasteiger partial charge on any atom is -0.323 e. The van der Waals surface area contributed by atoms with Gasteiger partial charge in [-0.3, -0.25) is 15.1 Å². The molecule has 0 fully saturated rings. The summed E-state index contributed by atoms with van der Waals surface area (Å²) in [5.74, 6) is -0.578. The van der Waals surface area contributed by atoms with E-state index in [1.807, 2.05) is 0 Å². The average molecular weight is 329 g/mol. The highest BCUT2D eigenvalue weighted by molar-refractivity contribution is 8.45. The Morgan fingerprint density at radius 1 is 1.19 bits per heavy atom. The first-order valence-corrected chi connectivity index (χ1v) is 7.81. The maximum absolute atomic E-state index is 12.5. The summed E-state index contributed by atoms with van der Waals surface area (Å²) >= 11 is 0. The summed E-state index contributed by atoms with van der Waals surface area (Å²) in [5.41, 5.74) is -0.0202. The van der Waals surface area contributed by atoms with Crippen LogP contribution in [0.2, 0.25) is 0 Å². The standard InChI is InChI=1S/C11H12F5N3OS/c12-21(13,14,15,16)9-4-2-8(3-5-9)19-11(20)10-17-6-1-7-18-10/h2-6,10,18H,1,7H2,(H,19,20). The lowest BCUT2D eigenvalue weighted by atomic mass is 10.3. The van der Waals surface area contributed by atoms with E-state index in [0.717, 1.165) is 12.1 Å². The molecule has 0 aromatic heterocycles. The fourth-order valence-corrected chi connectivity index (χ4v) is 2.33. The van der Waals surface area contributed by atoms with Crippen molar-refractivity contribution < 1.29 is 24.2 Å². The second-order valence-corrected chi connectivity index (χ2v) is 6.87. The molecule has 118 valence electrons. The van der Waals surface area contributed by atoms with Crippen LogP contribution in [0.5, 0.6) is 0 Å². The van der Waals surface area contributed by atoms with Gasteiger partial charge < -0.3 is 5.32 Å². The third-order valence-electron chi connectivity index (χ3n) is 2.68. The van der Waals surface area contributed by atoms with E-state index in [0.29, 0.717) is 13.0 Å². The Morgan fingerprint density at radius 3 is 2.29 bits per heavy atom. The van der Waals surface area contributed by atoms with Crippen LogP contribution in [0.4, 0.5) is 25.1 Å². The lowest BCUT2D eigenvalue weighted by molar-refractivity contribution is -0.118. The van der Waals surface area contributed by atoms with Gasteiger partial charge >= 0.3 is 10.2 Å². The van der Waals surface area contributed by atoms with Crippen LogP contribution in [0.15, 0.2) is 34.2 Å². The van der Waals surface area contributed by atoms with Crippen LogP contribution in [0, 0.1) is 0 Å². The molecule has 0 aliphatic carbocycles. The first-order valence-electron chi connectivity index (χ1n) is 5.86. The van der Waals surface area contributed by atoms with Gasteiger partial charge in [-0.15, -0.1) is 0 Å². The molecule has 1 aromatic rings. The molecular weight excluding hydrogens is 317 g/mol. The lowest BCUT2D eigenvalue weighted by Gasteiger charge is -2.40. The van der Waals surface area contributed by atoms with Crippen LogP contribution in [0.1, 0.15) is 6.42 Å². The Morgan fingerprint density at radius 2 is 1.81 bits per heavy atom. The molecule has 1 aliphatic heterocycles. The molecule has 0 saturated carbocycles. The Balaban J connectivity index is 2.12. The van der Waals surface area contributed by atoms with Gasteiger partial charge in [0.1, 0.15) is 4.90 Å². The highest BCUT2D eigenvalue weighted by atomic mass is 32.5. The number of anilines is 1. The smallest absolute Gasteiger partial charge is 0.310 e. The topological polar surface area (TPSA) is 53.5 Å². The molecule has 0 bridgehead atoms. The molecule has 4 nitrogen and oxygen atoms in total. The number of nitrogens with one attached hydrogen (secondary N) is 2. The number of hydrogen-bond acceptors (Lipinski definition) is 3. The van der Waals surface area contributed by atoms with Gasteiger partial charge in [0.15, 0.2) is 6.17 Å². The summed E-state index contributed by atoms with van der Waals surface area (Å²) in [6.07, 6.45) is 1.38. The molecule has 1 atom stereocenters. The van der Waals surface area contributed by atoms with Crippen molar-refractivity contribution in [1.29, 1.82) is 0 Å². The molecular formula is C11H12F5N3OS. The molecule has 1 aliphatic rings. The molecule has 1 heterocycles. The van der Waals surface area contributed by atoms with Crippen LogP contribution < -0.4 is 10.6 Å². The number of carbonyl (C=O) groups excluding carboxylic acids is 1.